The molecule has 2 heterocycles. The van der Waals surface area contributed by atoms with Gasteiger partial charge in [0.2, 0.25) is 5.91 Å². The molecule has 0 radical (unpaired) electrons. The number of hydrogen-bond donors (Lipinski definition) is 2. The SMILES string of the molecule is CC(N)C1CCN(CC(=O)NCc2ccco2)C1. The van der Waals surface area contributed by atoms with E-state index in [1.54, 1.807) is 6.26 Å². The maximum atomic E-state index is 11.7. The minimum atomic E-state index is 0.0386. The van der Waals surface area contributed by atoms with Crippen LogP contribution in [0.25, 0.3) is 0 Å². The van der Waals surface area contributed by atoms with Crippen LogP contribution in [-0.4, -0.2) is 36.5 Å². The van der Waals surface area contributed by atoms with Gasteiger partial charge in [-0.1, -0.05) is 0 Å². The Kier molecular flexibility index (Phi) is 4.38. The average Bonchev–Trinajstić information content (AvgIpc) is 2.96. The lowest BCUT2D eigenvalue weighted by atomic mass is 10.0. The number of amides is 1. The Bertz CT molecular complexity index is 376. The van der Waals surface area contributed by atoms with Gasteiger partial charge >= 0.3 is 0 Å². The monoisotopic (exact) mass is 251 g/mol. The summed E-state index contributed by atoms with van der Waals surface area (Å²) in [7, 11) is 0. The molecule has 1 saturated heterocycles. The van der Waals surface area contributed by atoms with Gasteiger partial charge in [-0.05, 0) is 37.9 Å². The number of hydrogen-bond acceptors (Lipinski definition) is 4. The Hall–Kier alpha value is -1.33. The van der Waals surface area contributed by atoms with Crippen molar-refractivity contribution in [2.45, 2.75) is 25.9 Å². The number of carbonyl (C=O) groups is 1. The van der Waals surface area contributed by atoms with Gasteiger partial charge < -0.3 is 15.5 Å². The molecule has 0 bridgehead atoms. The third-order valence-electron chi connectivity index (χ3n) is 3.46. The maximum absolute atomic E-state index is 11.7. The number of nitrogens with two attached hydrogens (primary N) is 1. The summed E-state index contributed by atoms with van der Waals surface area (Å²) < 4.78 is 5.16. The Labute approximate surface area is 107 Å². The van der Waals surface area contributed by atoms with Crippen LogP contribution < -0.4 is 11.1 Å². The molecule has 0 spiro atoms. The third kappa shape index (κ3) is 3.58. The second-order valence-electron chi connectivity index (χ2n) is 5.00. The molecule has 1 aromatic heterocycles. The minimum Gasteiger partial charge on any atom is -0.467 e. The van der Waals surface area contributed by atoms with Crippen LogP contribution in [0.5, 0.6) is 0 Å². The quantitative estimate of drug-likeness (QED) is 0.802. The number of carbonyl (C=O) groups excluding carboxylic acids is 1. The molecule has 5 heteroatoms. The molecule has 0 saturated carbocycles. The molecule has 2 rings (SSSR count). The van der Waals surface area contributed by atoms with Crippen LogP contribution in [0.4, 0.5) is 0 Å². The van der Waals surface area contributed by atoms with Crippen molar-refractivity contribution in [3.05, 3.63) is 24.2 Å². The smallest absolute Gasteiger partial charge is 0.234 e. The van der Waals surface area contributed by atoms with E-state index in [0.717, 1.165) is 25.3 Å². The fraction of sp³-hybridized carbons (Fsp3) is 0.615. The van der Waals surface area contributed by atoms with Crippen molar-refractivity contribution < 1.29 is 9.21 Å². The molecule has 5 nitrogen and oxygen atoms in total. The van der Waals surface area contributed by atoms with Crippen LogP contribution in [0.1, 0.15) is 19.1 Å². The molecule has 1 aliphatic heterocycles. The summed E-state index contributed by atoms with van der Waals surface area (Å²) in [6.07, 6.45) is 2.69. The van der Waals surface area contributed by atoms with E-state index in [2.05, 4.69) is 10.2 Å². The molecular formula is C13H21N3O2. The van der Waals surface area contributed by atoms with Crippen LogP contribution in [0.3, 0.4) is 0 Å². The first kappa shape index (κ1) is 13.1. The predicted molar refractivity (Wildman–Crippen MR) is 68.8 cm³/mol. The van der Waals surface area contributed by atoms with Gasteiger partial charge in [0, 0.05) is 12.6 Å². The van der Waals surface area contributed by atoms with E-state index >= 15 is 0 Å². The van der Waals surface area contributed by atoms with Crippen molar-refractivity contribution >= 4 is 5.91 Å². The van der Waals surface area contributed by atoms with Gasteiger partial charge in [0.25, 0.3) is 0 Å². The van der Waals surface area contributed by atoms with Crippen LogP contribution >= 0.6 is 0 Å². The number of nitrogens with one attached hydrogen (secondary N) is 1. The minimum absolute atomic E-state index is 0.0386. The molecule has 0 aromatic carbocycles. The molecule has 18 heavy (non-hydrogen) atoms. The molecule has 1 amide bonds. The summed E-state index contributed by atoms with van der Waals surface area (Å²) in [5.74, 6) is 1.33. The fourth-order valence-electron chi connectivity index (χ4n) is 2.29. The molecule has 1 aromatic rings. The van der Waals surface area contributed by atoms with E-state index in [1.165, 1.54) is 0 Å². The van der Waals surface area contributed by atoms with E-state index in [9.17, 15) is 4.79 Å². The van der Waals surface area contributed by atoms with Gasteiger partial charge in [-0.3, -0.25) is 9.69 Å². The van der Waals surface area contributed by atoms with Gasteiger partial charge in [0.1, 0.15) is 5.76 Å². The van der Waals surface area contributed by atoms with Crippen LogP contribution in [0.2, 0.25) is 0 Å². The van der Waals surface area contributed by atoms with Crippen molar-refractivity contribution in [1.82, 2.24) is 10.2 Å². The zero-order chi connectivity index (χ0) is 13.0. The Balaban J connectivity index is 1.69. The molecule has 2 atom stereocenters. The van der Waals surface area contributed by atoms with Crippen LogP contribution in [0, 0.1) is 5.92 Å². The van der Waals surface area contributed by atoms with E-state index in [0.29, 0.717) is 19.0 Å². The van der Waals surface area contributed by atoms with Crippen molar-refractivity contribution in [3.8, 4) is 0 Å². The first-order chi connectivity index (χ1) is 8.65. The van der Waals surface area contributed by atoms with Gasteiger partial charge in [0.15, 0.2) is 0 Å². The van der Waals surface area contributed by atoms with Gasteiger partial charge in [-0.15, -0.1) is 0 Å². The second-order valence-corrected chi connectivity index (χ2v) is 5.00. The number of rotatable bonds is 5. The highest BCUT2D eigenvalue weighted by molar-refractivity contribution is 5.77. The lowest BCUT2D eigenvalue weighted by Crippen LogP contribution is -2.37. The molecule has 1 fully saturated rings. The van der Waals surface area contributed by atoms with Gasteiger partial charge in [-0.2, -0.15) is 0 Å². The largest absolute Gasteiger partial charge is 0.467 e. The first-order valence-electron chi connectivity index (χ1n) is 6.42. The summed E-state index contributed by atoms with van der Waals surface area (Å²) in [5.41, 5.74) is 5.87. The molecule has 100 valence electrons. The standard InChI is InChI=1S/C13H21N3O2/c1-10(14)11-4-5-16(8-11)9-13(17)15-7-12-3-2-6-18-12/h2-3,6,10-11H,4-5,7-9,14H2,1H3,(H,15,17). The average molecular weight is 251 g/mol. The predicted octanol–water partition coefficient (Wildman–Crippen LogP) is 0.565. The Morgan fingerprint density at radius 3 is 3.17 bits per heavy atom. The van der Waals surface area contributed by atoms with Crippen molar-refractivity contribution in [1.29, 1.82) is 0 Å². The highest BCUT2D eigenvalue weighted by atomic mass is 16.3. The maximum Gasteiger partial charge on any atom is 0.234 e. The van der Waals surface area contributed by atoms with Crippen molar-refractivity contribution in [3.63, 3.8) is 0 Å². The van der Waals surface area contributed by atoms with E-state index in [4.69, 9.17) is 10.2 Å². The Morgan fingerprint density at radius 2 is 2.56 bits per heavy atom. The summed E-state index contributed by atoms with van der Waals surface area (Å²) in [5, 5.41) is 2.85. The van der Waals surface area contributed by atoms with Crippen molar-refractivity contribution in [2.24, 2.45) is 11.7 Å². The lowest BCUT2D eigenvalue weighted by molar-refractivity contribution is -0.122. The van der Waals surface area contributed by atoms with Crippen molar-refractivity contribution in [2.75, 3.05) is 19.6 Å². The first-order valence-corrected chi connectivity index (χ1v) is 6.42. The summed E-state index contributed by atoms with van der Waals surface area (Å²) in [4.78, 5) is 13.9. The van der Waals surface area contributed by atoms with E-state index in [-0.39, 0.29) is 11.9 Å². The highest BCUT2D eigenvalue weighted by Gasteiger charge is 2.26. The molecule has 3 N–H and O–H groups in total. The second kappa shape index (κ2) is 6.02. The van der Waals surface area contributed by atoms with Crippen LogP contribution in [0.15, 0.2) is 22.8 Å². The lowest BCUT2D eigenvalue weighted by Gasteiger charge is -2.17. The molecular weight excluding hydrogens is 230 g/mol. The zero-order valence-corrected chi connectivity index (χ0v) is 10.8. The summed E-state index contributed by atoms with van der Waals surface area (Å²) in [6.45, 7) is 4.82. The third-order valence-corrected chi connectivity index (χ3v) is 3.46. The van der Waals surface area contributed by atoms with E-state index < -0.39 is 0 Å². The van der Waals surface area contributed by atoms with Crippen LogP contribution in [-0.2, 0) is 11.3 Å². The summed E-state index contributed by atoms with van der Waals surface area (Å²) in [6, 6.07) is 3.87. The molecule has 1 aliphatic rings. The molecule has 0 aliphatic carbocycles. The van der Waals surface area contributed by atoms with Gasteiger partial charge in [-0.25, -0.2) is 0 Å². The number of nitrogens with zero attached hydrogens (tertiary/aromatic N) is 1. The Morgan fingerprint density at radius 1 is 1.72 bits per heavy atom. The fourth-order valence-corrected chi connectivity index (χ4v) is 2.29. The topological polar surface area (TPSA) is 71.5 Å². The number of furan rings is 1. The molecule has 2 unspecified atom stereocenters. The van der Waals surface area contributed by atoms with E-state index in [1.807, 2.05) is 19.1 Å². The summed E-state index contributed by atoms with van der Waals surface area (Å²) >= 11 is 0. The van der Waals surface area contributed by atoms with Gasteiger partial charge in [0.05, 0.1) is 19.4 Å². The highest BCUT2D eigenvalue weighted by Crippen LogP contribution is 2.17. The number of likely N-dealkylation sites (tertiary alicyclic amines) is 1. The zero-order valence-electron chi connectivity index (χ0n) is 10.8. The normalized spacial score (nSPS) is 22.0.